The third kappa shape index (κ3) is 2.13. The summed E-state index contributed by atoms with van der Waals surface area (Å²) in [4.78, 5) is 2.07. The van der Waals surface area contributed by atoms with E-state index in [4.69, 9.17) is 6.42 Å². The van der Waals surface area contributed by atoms with E-state index in [1.165, 1.54) is 0 Å². The average Bonchev–Trinajstić information content (AvgIpc) is 2.18. The van der Waals surface area contributed by atoms with E-state index in [0.29, 0.717) is 0 Å². The molecule has 0 aromatic heterocycles. The second-order valence-corrected chi connectivity index (χ2v) is 2.83. The van der Waals surface area contributed by atoms with Crippen LogP contribution in [0.15, 0.2) is 36.9 Å². The fourth-order valence-electron chi connectivity index (χ4n) is 1.22. The van der Waals surface area contributed by atoms with Gasteiger partial charge in [-0.15, -0.1) is 13.0 Å². The normalized spacial score (nSPS) is 8.92. The number of likely N-dealkylation sites (N-methyl/N-ethyl adjacent to an activating group) is 1. The van der Waals surface area contributed by atoms with E-state index >= 15 is 0 Å². The van der Waals surface area contributed by atoms with Crippen molar-refractivity contribution in [1.29, 1.82) is 0 Å². The van der Waals surface area contributed by atoms with E-state index in [-0.39, 0.29) is 0 Å². The zero-order chi connectivity index (χ0) is 9.68. The summed E-state index contributed by atoms with van der Waals surface area (Å²) in [7, 11) is 2.00. The first kappa shape index (κ1) is 9.41. The quantitative estimate of drug-likeness (QED) is 0.498. The Balaban J connectivity index is 2.99. The van der Waals surface area contributed by atoms with Gasteiger partial charge in [0.1, 0.15) is 0 Å². The van der Waals surface area contributed by atoms with Gasteiger partial charge in [0.2, 0.25) is 0 Å². The molecule has 0 aliphatic heterocycles. The van der Waals surface area contributed by atoms with Crippen LogP contribution in [-0.2, 0) is 0 Å². The van der Waals surface area contributed by atoms with Gasteiger partial charge in [-0.1, -0.05) is 24.1 Å². The molecule has 1 rings (SSSR count). The molecule has 66 valence electrons. The first-order chi connectivity index (χ1) is 6.29. The van der Waals surface area contributed by atoms with Gasteiger partial charge in [0.25, 0.3) is 0 Å². The van der Waals surface area contributed by atoms with Crippen LogP contribution in [0.25, 0.3) is 0 Å². The van der Waals surface area contributed by atoms with Gasteiger partial charge in [0.05, 0.1) is 5.69 Å². The number of anilines is 1. The van der Waals surface area contributed by atoms with Crippen LogP contribution in [0.4, 0.5) is 5.69 Å². The van der Waals surface area contributed by atoms with Crippen LogP contribution in [0, 0.1) is 12.3 Å². The molecule has 0 fully saturated rings. The van der Waals surface area contributed by atoms with Crippen LogP contribution < -0.4 is 4.90 Å². The standard InChI is InChI=1S/C12H13N/c1-4-10-13(3)12-9-7-6-8-11(12)5-2/h2,4,6-9H,1,10H2,3H3. The highest BCUT2D eigenvalue weighted by molar-refractivity contribution is 5.59. The van der Waals surface area contributed by atoms with Crippen molar-refractivity contribution in [3.05, 3.63) is 42.5 Å². The molecule has 1 heteroatoms. The van der Waals surface area contributed by atoms with Gasteiger partial charge >= 0.3 is 0 Å². The zero-order valence-corrected chi connectivity index (χ0v) is 7.83. The van der Waals surface area contributed by atoms with Crippen molar-refractivity contribution >= 4 is 5.69 Å². The predicted molar refractivity (Wildman–Crippen MR) is 57.8 cm³/mol. The summed E-state index contributed by atoms with van der Waals surface area (Å²) in [6, 6.07) is 7.88. The average molecular weight is 171 g/mol. The zero-order valence-electron chi connectivity index (χ0n) is 7.83. The predicted octanol–water partition coefficient (Wildman–Crippen LogP) is 2.29. The maximum absolute atomic E-state index is 5.38. The fraction of sp³-hybridized carbons (Fsp3) is 0.167. The summed E-state index contributed by atoms with van der Waals surface area (Å²) >= 11 is 0. The lowest BCUT2D eigenvalue weighted by Gasteiger charge is -2.18. The largest absolute Gasteiger partial charge is 0.370 e. The van der Waals surface area contributed by atoms with Crippen LogP contribution in [-0.4, -0.2) is 13.6 Å². The number of hydrogen-bond donors (Lipinski definition) is 0. The lowest BCUT2D eigenvalue weighted by Crippen LogP contribution is -2.17. The van der Waals surface area contributed by atoms with Gasteiger partial charge in [-0.25, -0.2) is 0 Å². The third-order valence-corrected chi connectivity index (χ3v) is 1.87. The maximum Gasteiger partial charge on any atom is 0.0525 e. The third-order valence-electron chi connectivity index (χ3n) is 1.87. The molecule has 0 N–H and O–H groups in total. The fourth-order valence-corrected chi connectivity index (χ4v) is 1.22. The highest BCUT2D eigenvalue weighted by Gasteiger charge is 2.01. The highest BCUT2D eigenvalue weighted by Crippen LogP contribution is 2.17. The van der Waals surface area contributed by atoms with E-state index in [2.05, 4.69) is 17.4 Å². The molecule has 0 heterocycles. The van der Waals surface area contributed by atoms with Gasteiger partial charge in [-0.05, 0) is 12.1 Å². The Labute approximate surface area is 79.7 Å². The molecular weight excluding hydrogens is 158 g/mol. The Kier molecular flexibility index (Phi) is 3.16. The lowest BCUT2D eigenvalue weighted by molar-refractivity contribution is 1.03. The second-order valence-electron chi connectivity index (χ2n) is 2.83. The van der Waals surface area contributed by atoms with Crippen molar-refractivity contribution in [2.45, 2.75) is 0 Å². The van der Waals surface area contributed by atoms with E-state index < -0.39 is 0 Å². The molecule has 0 unspecified atom stereocenters. The van der Waals surface area contributed by atoms with Gasteiger partial charge < -0.3 is 4.90 Å². The molecule has 13 heavy (non-hydrogen) atoms. The second kappa shape index (κ2) is 4.37. The summed E-state index contributed by atoms with van der Waals surface area (Å²) in [5.41, 5.74) is 2.00. The van der Waals surface area contributed by atoms with Crippen molar-refractivity contribution < 1.29 is 0 Å². The Morgan fingerprint density at radius 2 is 2.23 bits per heavy atom. The number of rotatable bonds is 3. The molecule has 0 atom stereocenters. The summed E-state index contributed by atoms with van der Waals surface area (Å²) < 4.78 is 0. The first-order valence-corrected chi connectivity index (χ1v) is 4.17. The number of benzene rings is 1. The minimum Gasteiger partial charge on any atom is -0.370 e. The molecule has 0 bridgehead atoms. The number of nitrogens with zero attached hydrogens (tertiary/aromatic N) is 1. The Morgan fingerprint density at radius 3 is 2.85 bits per heavy atom. The summed E-state index contributed by atoms with van der Waals surface area (Å²) in [6.07, 6.45) is 7.24. The van der Waals surface area contributed by atoms with E-state index in [0.717, 1.165) is 17.8 Å². The minimum absolute atomic E-state index is 0.804. The van der Waals surface area contributed by atoms with Crippen molar-refractivity contribution in [1.82, 2.24) is 0 Å². The molecule has 1 aromatic rings. The van der Waals surface area contributed by atoms with Gasteiger partial charge in [-0.2, -0.15) is 0 Å². The first-order valence-electron chi connectivity index (χ1n) is 4.17. The molecular formula is C12H13N. The minimum atomic E-state index is 0.804. The van der Waals surface area contributed by atoms with Crippen molar-refractivity contribution in [2.75, 3.05) is 18.5 Å². The van der Waals surface area contributed by atoms with E-state index in [1.807, 2.05) is 37.4 Å². The Bertz CT molecular complexity index is 333. The SMILES string of the molecule is C#Cc1ccccc1N(C)CC=C. The molecule has 0 aliphatic rings. The van der Waals surface area contributed by atoms with Gasteiger partial charge in [0, 0.05) is 19.2 Å². The van der Waals surface area contributed by atoms with E-state index in [1.54, 1.807) is 0 Å². The van der Waals surface area contributed by atoms with Crippen molar-refractivity contribution in [3.8, 4) is 12.3 Å². The van der Waals surface area contributed by atoms with Crippen LogP contribution in [0.1, 0.15) is 5.56 Å². The Morgan fingerprint density at radius 1 is 1.54 bits per heavy atom. The number of terminal acetylenes is 1. The molecule has 0 radical (unpaired) electrons. The number of para-hydroxylation sites is 1. The van der Waals surface area contributed by atoms with Gasteiger partial charge in [0.15, 0.2) is 0 Å². The molecule has 0 amide bonds. The summed E-state index contributed by atoms with van der Waals surface area (Å²) in [5.74, 6) is 2.66. The van der Waals surface area contributed by atoms with Crippen molar-refractivity contribution in [3.63, 3.8) is 0 Å². The molecule has 1 nitrogen and oxygen atoms in total. The summed E-state index contributed by atoms with van der Waals surface area (Å²) in [6.45, 7) is 4.49. The van der Waals surface area contributed by atoms with Gasteiger partial charge in [-0.3, -0.25) is 0 Å². The van der Waals surface area contributed by atoms with Crippen molar-refractivity contribution in [2.24, 2.45) is 0 Å². The van der Waals surface area contributed by atoms with E-state index in [9.17, 15) is 0 Å². The van der Waals surface area contributed by atoms with Crippen LogP contribution in [0.5, 0.6) is 0 Å². The topological polar surface area (TPSA) is 3.24 Å². The molecule has 1 aromatic carbocycles. The molecule has 0 spiro atoms. The maximum atomic E-state index is 5.38. The Hall–Kier alpha value is -1.68. The monoisotopic (exact) mass is 171 g/mol. The van der Waals surface area contributed by atoms with Crippen LogP contribution in [0.2, 0.25) is 0 Å². The van der Waals surface area contributed by atoms with Crippen LogP contribution >= 0.6 is 0 Å². The smallest absolute Gasteiger partial charge is 0.0525 e. The summed E-state index contributed by atoms with van der Waals surface area (Å²) in [5, 5.41) is 0. The lowest BCUT2D eigenvalue weighted by atomic mass is 10.1. The highest BCUT2D eigenvalue weighted by atomic mass is 15.1. The number of hydrogen-bond acceptors (Lipinski definition) is 1. The molecule has 0 aliphatic carbocycles. The molecule has 0 saturated heterocycles. The van der Waals surface area contributed by atoms with Crippen LogP contribution in [0.3, 0.4) is 0 Å². The molecule has 0 saturated carbocycles.